The van der Waals surface area contributed by atoms with Crippen LogP contribution in [0.4, 0.5) is 10.1 Å². The summed E-state index contributed by atoms with van der Waals surface area (Å²) in [5.41, 5.74) is 0.926. The van der Waals surface area contributed by atoms with Crippen LogP contribution in [0.15, 0.2) is 30.6 Å². The lowest BCUT2D eigenvalue weighted by Crippen LogP contribution is -2.13. The van der Waals surface area contributed by atoms with Gasteiger partial charge in [0.15, 0.2) is 0 Å². The number of nitrogens with one attached hydrogen (secondary N) is 1. The predicted octanol–water partition coefficient (Wildman–Crippen LogP) is 2.67. The second-order valence-electron chi connectivity index (χ2n) is 4.77. The van der Waals surface area contributed by atoms with Gasteiger partial charge in [-0.1, -0.05) is 0 Å². The van der Waals surface area contributed by atoms with Crippen LogP contribution in [0.3, 0.4) is 0 Å². The number of rotatable bonds is 3. The van der Waals surface area contributed by atoms with Gasteiger partial charge in [-0.2, -0.15) is 0 Å². The van der Waals surface area contributed by atoms with Crippen LogP contribution in [-0.2, 0) is 4.79 Å². The number of imidazole rings is 1. The Balaban J connectivity index is 1.85. The first-order valence-electron chi connectivity index (χ1n) is 6.26. The Morgan fingerprint density at radius 2 is 2.26 bits per heavy atom. The number of carbonyl (C=O) groups excluding carboxylic acids is 1. The number of aryl methyl sites for hydroxylation is 1. The maximum atomic E-state index is 14.1. The van der Waals surface area contributed by atoms with E-state index in [1.54, 1.807) is 29.1 Å². The highest BCUT2D eigenvalue weighted by atomic mass is 19.1. The molecule has 1 heterocycles. The molecule has 0 aliphatic heterocycles. The van der Waals surface area contributed by atoms with E-state index in [2.05, 4.69) is 10.3 Å². The highest BCUT2D eigenvalue weighted by Crippen LogP contribution is 2.30. The van der Waals surface area contributed by atoms with E-state index in [1.807, 2.05) is 6.92 Å². The lowest BCUT2D eigenvalue weighted by atomic mass is 10.2. The van der Waals surface area contributed by atoms with Crippen LogP contribution in [-0.4, -0.2) is 15.5 Å². The summed E-state index contributed by atoms with van der Waals surface area (Å²) in [6, 6.07) is 4.69. The number of nitrogens with zero attached hydrogens (tertiary/aromatic N) is 2. The van der Waals surface area contributed by atoms with Crippen molar-refractivity contribution < 1.29 is 9.18 Å². The van der Waals surface area contributed by atoms with Crippen LogP contribution < -0.4 is 5.32 Å². The van der Waals surface area contributed by atoms with Gasteiger partial charge in [-0.3, -0.25) is 4.79 Å². The molecule has 1 fully saturated rings. The second-order valence-corrected chi connectivity index (χ2v) is 4.77. The molecule has 0 radical (unpaired) electrons. The van der Waals surface area contributed by atoms with E-state index in [4.69, 9.17) is 0 Å². The molecule has 1 aromatic carbocycles. The van der Waals surface area contributed by atoms with Gasteiger partial charge in [-0.05, 0) is 38.0 Å². The zero-order valence-corrected chi connectivity index (χ0v) is 10.6. The Hall–Kier alpha value is -2.17. The number of carbonyl (C=O) groups is 1. The summed E-state index contributed by atoms with van der Waals surface area (Å²) < 4.78 is 15.7. The molecule has 0 spiro atoms. The monoisotopic (exact) mass is 259 g/mol. The van der Waals surface area contributed by atoms with E-state index in [0.29, 0.717) is 17.2 Å². The van der Waals surface area contributed by atoms with Crippen LogP contribution in [0.1, 0.15) is 18.7 Å². The third-order valence-corrected chi connectivity index (χ3v) is 3.25. The number of aromatic nitrogens is 2. The Morgan fingerprint density at radius 1 is 1.47 bits per heavy atom. The summed E-state index contributed by atoms with van der Waals surface area (Å²) in [6.45, 7) is 1.81. The summed E-state index contributed by atoms with van der Waals surface area (Å²) in [5.74, 6) is 0.424. The van der Waals surface area contributed by atoms with Crippen molar-refractivity contribution in [2.75, 3.05) is 5.32 Å². The lowest BCUT2D eigenvalue weighted by Gasteiger charge is -2.09. The predicted molar refractivity (Wildman–Crippen MR) is 69.6 cm³/mol. The minimum Gasteiger partial charge on any atom is -0.326 e. The Kier molecular flexibility index (Phi) is 2.81. The van der Waals surface area contributed by atoms with E-state index in [0.717, 1.165) is 12.8 Å². The van der Waals surface area contributed by atoms with Crippen LogP contribution in [0.25, 0.3) is 5.69 Å². The molecule has 4 nitrogen and oxygen atoms in total. The Morgan fingerprint density at radius 3 is 2.84 bits per heavy atom. The van der Waals surface area contributed by atoms with Gasteiger partial charge in [0.25, 0.3) is 0 Å². The highest BCUT2D eigenvalue weighted by molar-refractivity contribution is 5.94. The highest BCUT2D eigenvalue weighted by Gasteiger charge is 2.29. The van der Waals surface area contributed by atoms with E-state index in [9.17, 15) is 9.18 Å². The molecule has 1 aromatic heterocycles. The van der Waals surface area contributed by atoms with Crippen molar-refractivity contribution in [3.8, 4) is 5.69 Å². The van der Waals surface area contributed by atoms with E-state index < -0.39 is 0 Å². The number of hydrogen-bond acceptors (Lipinski definition) is 2. The van der Waals surface area contributed by atoms with Crippen molar-refractivity contribution in [3.63, 3.8) is 0 Å². The zero-order chi connectivity index (χ0) is 13.4. The molecule has 98 valence electrons. The maximum absolute atomic E-state index is 14.1. The van der Waals surface area contributed by atoms with Gasteiger partial charge < -0.3 is 9.88 Å². The van der Waals surface area contributed by atoms with Gasteiger partial charge >= 0.3 is 0 Å². The molecule has 0 unspecified atom stereocenters. The fourth-order valence-electron chi connectivity index (χ4n) is 2.00. The number of hydrogen-bond donors (Lipinski definition) is 1. The standard InChI is InChI=1S/C14H14FN3O/c1-9-16-6-7-18(9)13-5-4-11(8-12(13)15)17-14(19)10-2-3-10/h4-8,10H,2-3H2,1H3,(H,17,19). The topological polar surface area (TPSA) is 46.9 Å². The quantitative estimate of drug-likeness (QED) is 0.921. The van der Waals surface area contributed by atoms with Gasteiger partial charge in [0, 0.05) is 24.0 Å². The van der Waals surface area contributed by atoms with Gasteiger partial charge in [0.2, 0.25) is 5.91 Å². The first-order chi connectivity index (χ1) is 9.15. The number of halogens is 1. The van der Waals surface area contributed by atoms with Crippen LogP contribution in [0.2, 0.25) is 0 Å². The van der Waals surface area contributed by atoms with Gasteiger partial charge in [0.05, 0.1) is 5.69 Å². The van der Waals surface area contributed by atoms with Crippen molar-refractivity contribution in [3.05, 3.63) is 42.2 Å². The van der Waals surface area contributed by atoms with Crippen LogP contribution >= 0.6 is 0 Å². The molecular formula is C14H14FN3O. The van der Waals surface area contributed by atoms with Crippen molar-refractivity contribution in [1.82, 2.24) is 9.55 Å². The largest absolute Gasteiger partial charge is 0.326 e. The second kappa shape index (κ2) is 4.50. The minimum atomic E-state index is -0.380. The summed E-state index contributed by atoms with van der Waals surface area (Å²) in [4.78, 5) is 15.7. The summed E-state index contributed by atoms with van der Waals surface area (Å²) >= 11 is 0. The third kappa shape index (κ3) is 2.36. The maximum Gasteiger partial charge on any atom is 0.227 e. The molecule has 1 aliphatic rings. The lowest BCUT2D eigenvalue weighted by molar-refractivity contribution is -0.117. The molecule has 2 aromatic rings. The first-order valence-corrected chi connectivity index (χ1v) is 6.26. The van der Waals surface area contributed by atoms with E-state index in [-0.39, 0.29) is 17.6 Å². The van der Waals surface area contributed by atoms with Crippen LogP contribution in [0.5, 0.6) is 0 Å². The van der Waals surface area contributed by atoms with Crippen molar-refractivity contribution in [2.24, 2.45) is 5.92 Å². The molecule has 0 bridgehead atoms. The van der Waals surface area contributed by atoms with Gasteiger partial charge in [0.1, 0.15) is 11.6 Å². The molecule has 19 heavy (non-hydrogen) atoms. The van der Waals surface area contributed by atoms with E-state index >= 15 is 0 Å². The number of benzene rings is 1. The molecule has 3 rings (SSSR count). The Bertz CT molecular complexity index is 631. The SMILES string of the molecule is Cc1nccn1-c1ccc(NC(=O)C2CC2)cc1F. The average Bonchev–Trinajstić information content (AvgIpc) is 3.14. The number of anilines is 1. The Labute approximate surface area is 110 Å². The molecule has 0 saturated heterocycles. The normalized spacial score (nSPS) is 14.4. The smallest absolute Gasteiger partial charge is 0.227 e. The van der Waals surface area contributed by atoms with Gasteiger partial charge in [-0.25, -0.2) is 9.37 Å². The molecule has 1 saturated carbocycles. The summed E-state index contributed by atoms with van der Waals surface area (Å²) in [7, 11) is 0. The molecule has 1 N–H and O–H groups in total. The van der Waals surface area contributed by atoms with Crippen LogP contribution in [0, 0.1) is 18.7 Å². The van der Waals surface area contributed by atoms with Crippen molar-refractivity contribution in [2.45, 2.75) is 19.8 Å². The van der Waals surface area contributed by atoms with Gasteiger partial charge in [-0.15, -0.1) is 0 Å². The molecule has 1 amide bonds. The summed E-state index contributed by atoms with van der Waals surface area (Å²) in [6.07, 6.45) is 5.19. The fraction of sp³-hybridized carbons (Fsp3) is 0.286. The number of amides is 1. The van der Waals surface area contributed by atoms with E-state index in [1.165, 1.54) is 6.07 Å². The fourth-order valence-corrected chi connectivity index (χ4v) is 2.00. The molecule has 0 atom stereocenters. The summed E-state index contributed by atoms with van der Waals surface area (Å²) in [5, 5.41) is 2.73. The molecule has 5 heteroatoms. The van der Waals surface area contributed by atoms with Crippen molar-refractivity contribution in [1.29, 1.82) is 0 Å². The third-order valence-electron chi connectivity index (χ3n) is 3.25. The average molecular weight is 259 g/mol. The van der Waals surface area contributed by atoms with Crippen molar-refractivity contribution >= 4 is 11.6 Å². The molecule has 1 aliphatic carbocycles. The zero-order valence-electron chi connectivity index (χ0n) is 10.6. The first kappa shape index (κ1) is 11.9. The minimum absolute atomic E-state index is 0.0223. The molecular weight excluding hydrogens is 245 g/mol.